The first-order valence-electron chi connectivity index (χ1n) is 18.0. The first-order chi connectivity index (χ1) is 21.3. The minimum absolute atomic E-state index is 0.0618. The van der Waals surface area contributed by atoms with Gasteiger partial charge in [0.2, 0.25) is 5.82 Å². The van der Waals surface area contributed by atoms with Gasteiger partial charge in [-0.1, -0.05) is 156 Å². The topological polar surface area (TPSA) is 9.23 Å². The van der Waals surface area contributed by atoms with Crippen LogP contribution >= 0.6 is 0 Å². The summed E-state index contributed by atoms with van der Waals surface area (Å²) in [5.41, 5.74) is -2.86. The lowest BCUT2D eigenvalue weighted by molar-refractivity contribution is 0.0502. The monoisotopic (exact) mass is 678 g/mol. The average Bonchev–Trinajstić information content (AvgIpc) is 3.23. The largest absolute Gasteiger partial charge is 0.539 e. The van der Waals surface area contributed by atoms with Crippen molar-refractivity contribution in [2.45, 2.75) is 179 Å². The minimum atomic E-state index is -4.13. The molecule has 0 spiro atoms. The van der Waals surface area contributed by atoms with E-state index in [9.17, 15) is 13.2 Å². The Morgan fingerprint density at radius 1 is 0.600 bits per heavy atom. The maximum absolute atomic E-state index is 15.6. The van der Waals surface area contributed by atoms with E-state index in [4.69, 9.17) is 4.43 Å². The molecule has 2 rings (SSSR count). The quantitative estimate of drug-likeness (QED) is 0.0458. The predicted octanol–water partition coefficient (Wildman–Crippen LogP) is 14.2. The number of fused-ring (bicyclic) bond motifs is 1. The smallest absolute Gasteiger partial charge is 0.298 e. The van der Waals surface area contributed by atoms with E-state index in [1.165, 1.54) is 62.7 Å². The summed E-state index contributed by atoms with van der Waals surface area (Å²) in [6.45, 7) is 13.0. The van der Waals surface area contributed by atoms with Crippen LogP contribution in [0.4, 0.5) is 26.3 Å². The third kappa shape index (κ3) is 10.6. The van der Waals surface area contributed by atoms with E-state index in [0.717, 1.165) is 51.4 Å². The molecule has 0 amide bonds. The van der Waals surface area contributed by atoms with Gasteiger partial charge in [0.1, 0.15) is 5.83 Å². The summed E-state index contributed by atoms with van der Waals surface area (Å²) in [5.74, 6) is -12.0. The van der Waals surface area contributed by atoms with Crippen molar-refractivity contribution < 1.29 is 30.8 Å². The van der Waals surface area contributed by atoms with Crippen LogP contribution in [0.25, 0.3) is 5.83 Å². The molecular weight excluding hydrogens is 619 g/mol. The van der Waals surface area contributed by atoms with E-state index in [-0.39, 0.29) is 11.6 Å². The maximum atomic E-state index is 15.6. The first kappa shape index (κ1) is 40.0. The van der Waals surface area contributed by atoms with Crippen molar-refractivity contribution in [3.8, 4) is 5.75 Å². The number of hydrogen-bond acceptors (Lipinski definition) is 1. The molecule has 1 aromatic rings. The van der Waals surface area contributed by atoms with E-state index in [0.29, 0.717) is 12.1 Å². The van der Waals surface area contributed by atoms with Gasteiger partial charge in [-0.15, -0.1) is 0 Å². The van der Waals surface area contributed by atoms with Crippen LogP contribution in [0.3, 0.4) is 0 Å². The second-order valence-corrected chi connectivity index (χ2v) is 23.5. The highest BCUT2D eigenvalue weighted by Crippen LogP contribution is 2.50. The molecule has 0 N–H and O–H groups in total. The molecule has 0 fully saturated rings. The van der Waals surface area contributed by atoms with Gasteiger partial charge < -0.3 is 4.43 Å². The van der Waals surface area contributed by atoms with Gasteiger partial charge in [-0.2, -0.15) is 13.2 Å². The molecular formula is C36H60F6OSi2. The van der Waals surface area contributed by atoms with Crippen molar-refractivity contribution >= 4 is 22.2 Å². The molecule has 1 nitrogen and oxygen atoms in total. The van der Waals surface area contributed by atoms with Gasteiger partial charge in [0.15, 0.2) is 17.4 Å². The maximum Gasteiger partial charge on any atom is 0.298 e. The number of unbranched alkanes of at least 4 members (excludes halogenated alkanes) is 9. The Balaban J connectivity index is 2.25. The zero-order valence-corrected chi connectivity index (χ0v) is 31.0. The van der Waals surface area contributed by atoms with Crippen molar-refractivity contribution in [2.75, 3.05) is 0 Å². The van der Waals surface area contributed by atoms with Crippen LogP contribution in [0, 0.1) is 17.5 Å². The van der Waals surface area contributed by atoms with Crippen LogP contribution in [0.2, 0.25) is 41.8 Å². The molecule has 260 valence electrons. The van der Waals surface area contributed by atoms with Crippen LogP contribution < -0.4 is 4.43 Å². The third-order valence-electron chi connectivity index (χ3n) is 10.1. The summed E-state index contributed by atoms with van der Waals surface area (Å²) in [7, 11) is -4.23. The Bertz CT molecular complexity index is 1060. The molecule has 0 radical (unpaired) electrons. The lowest BCUT2D eigenvalue weighted by Gasteiger charge is -2.36. The van der Waals surface area contributed by atoms with Gasteiger partial charge in [0, 0.05) is 6.08 Å². The zero-order valence-electron chi connectivity index (χ0n) is 29.0. The van der Waals surface area contributed by atoms with Crippen LogP contribution in [-0.2, 0) is 5.92 Å². The van der Waals surface area contributed by atoms with Gasteiger partial charge in [-0.25, -0.2) is 13.2 Å². The molecule has 9 heteroatoms. The van der Waals surface area contributed by atoms with Crippen molar-refractivity contribution in [2.24, 2.45) is 0 Å². The van der Waals surface area contributed by atoms with Crippen molar-refractivity contribution in [3.63, 3.8) is 0 Å². The Labute approximate surface area is 272 Å². The molecule has 0 heterocycles. The Kier molecular flexibility index (Phi) is 16.8. The summed E-state index contributed by atoms with van der Waals surface area (Å²) in [6, 6.07) is 6.78. The van der Waals surface area contributed by atoms with E-state index < -0.39 is 62.5 Å². The highest BCUT2D eigenvalue weighted by Gasteiger charge is 2.48. The summed E-state index contributed by atoms with van der Waals surface area (Å²) < 4.78 is 95.3. The standard InChI is InChI=1S/C36H60F6OSi2/c1-7-11-12-13-14-15-19-25-45(28(5)6,26-20-17-16-18-24-44(21-8-2,22-9-3)23-10-4)43-35-32(38)30-29(37)27-36(41,42)31(30)33(39)34(35)40/h27-28H,7-26H2,1-6H3. The molecule has 0 aromatic heterocycles. The molecule has 1 aromatic carbocycles. The van der Waals surface area contributed by atoms with Crippen molar-refractivity contribution in [1.29, 1.82) is 0 Å². The summed E-state index contributed by atoms with van der Waals surface area (Å²) >= 11 is 0. The Morgan fingerprint density at radius 3 is 1.53 bits per heavy atom. The summed E-state index contributed by atoms with van der Waals surface area (Å²) in [6.07, 6.45) is 15.2. The molecule has 0 saturated heterocycles. The fourth-order valence-electron chi connectivity index (χ4n) is 7.69. The predicted molar refractivity (Wildman–Crippen MR) is 183 cm³/mol. The average molecular weight is 679 g/mol. The molecule has 1 aliphatic rings. The van der Waals surface area contributed by atoms with Crippen LogP contribution in [0.5, 0.6) is 5.75 Å². The first-order valence-corrected chi connectivity index (χ1v) is 23.2. The molecule has 0 bridgehead atoms. The zero-order chi connectivity index (χ0) is 33.7. The van der Waals surface area contributed by atoms with Crippen molar-refractivity contribution in [1.82, 2.24) is 0 Å². The normalized spacial score (nSPS) is 15.8. The summed E-state index contributed by atoms with van der Waals surface area (Å²) in [5, 5.41) is 0. The molecule has 0 aliphatic heterocycles. The number of allylic oxidation sites excluding steroid dienone is 1. The fourth-order valence-corrected chi connectivity index (χ4v) is 17.5. The molecule has 1 unspecified atom stereocenters. The molecule has 1 aliphatic carbocycles. The molecule has 45 heavy (non-hydrogen) atoms. The number of halogens is 6. The van der Waals surface area contributed by atoms with Crippen LogP contribution in [-0.4, -0.2) is 16.4 Å². The van der Waals surface area contributed by atoms with E-state index in [1.54, 1.807) is 0 Å². The number of benzene rings is 1. The number of rotatable bonds is 24. The number of alkyl halides is 2. The Morgan fingerprint density at radius 2 is 1.07 bits per heavy atom. The van der Waals surface area contributed by atoms with Crippen LogP contribution in [0.15, 0.2) is 6.08 Å². The lowest BCUT2D eigenvalue weighted by Crippen LogP contribution is -2.45. The van der Waals surface area contributed by atoms with Gasteiger partial charge in [0.05, 0.1) is 19.2 Å². The minimum Gasteiger partial charge on any atom is -0.539 e. The van der Waals surface area contributed by atoms with Crippen LogP contribution in [0.1, 0.15) is 143 Å². The second kappa shape index (κ2) is 18.9. The molecule has 1 atom stereocenters. The van der Waals surface area contributed by atoms with Gasteiger partial charge >= 0.3 is 0 Å². The van der Waals surface area contributed by atoms with Gasteiger partial charge in [-0.05, 0) is 17.6 Å². The lowest BCUT2D eigenvalue weighted by atomic mass is 10.1. The highest BCUT2D eigenvalue weighted by molar-refractivity contribution is 6.79. The van der Waals surface area contributed by atoms with Gasteiger partial charge in [0.25, 0.3) is 14.2 Å². The SMILES string of the molecule is CCCCCCCCC[Si](CCCCCC[Si](CCC)(CCC)CCC)(Oc1c(F)c(F)c2c(c1F)C(F)=CC2(F)F)C(C)C. The van der Waals surface area contributed by atoms with Crippen molar-refractivity contribution in [3.05, 3.63) is 34.7 Å². The van der Waals surface area contributed by atoms with E-state index in [2.05, 4.69) is 27.7 Å². The van der Waals surface area contributed by atoms with E-state index in [1.807, 2.05) is 13.8 Å². The van der Waals surface area contributed by atoms with Gasteiger partial charge in [-0.3, -0.25) is 0 Å². The summed E-state index contributed by atoms with van der Waals surface area (Å²) in [4.78, 5) is 0. The molecule has 0 saturated carbocycles. The highest BCUT2D eigenvalue weighted by atomic mass is 28.4. The fraction of sp³-hybridized carbons (Fsp3) is 0.778. The van der Waals surface area contributed by atoms with E-state index >= 15 is 13.2 Å². The number of hydrogen-bond donors (Lipinski definition) is 0. The third-order valence-corrected chi connectivity index (χ3v) is 21.3. The Hall–Kier alpha value is -1.23. The second-order valence-electron chi connectivity index (χ2n) is 14.0.